The molecule has 1 aromatic carbocycles. The van der Waals surface area contributed by atoms with E-state index >= 15 is 0 Å². The van der Waals surface area contributed by atoms with Crippen molar-refractivity contribution in [3.8, 4) is 11.6 Å². The van der Waals surface area contributed by atoms with Gasteiger partial charge in [-0.3, -0.25) is 9.36 Å². The molecule has 1 aliphatic rings. The third kappa shape index (κ3) is 5.73. The molecule has 0 bridgehead atoms. The first-order valence-corrected chi connectivity index (χ1v) is 12.4. The van der Waals surface area contributed by atoms with Gasteiger partial charge in [-0.05, 0) is 43.5 Å². The molecule has 0 unspecified atom stereocenters. The molecule has 170 valence electrons. The summed E-state index contributed by atoms with van der Waals surface area (Å²) in [5.41, 5.74) is 1.18. The predicted octanol–water partition coefficient (Wildman–Crippen LogP) is 4.78. The molecule has 7 nitrogen and oxygen atoms in total. The van der Waals surface area contributed by atoms with Crippen molar-refractivity contribution in [3.05, 3.63) is 48.7 Å². The Kier molecular flexibility index (Phi) is 7.87. The van der Waals surface area contributed by atoms with Crippen molar-refractivity contribution in [2.24, 2.45) is 0 Å². The van der Waals surface area contributed by atoms with Crippen molar-refractivity contribution in [1.29, 1.82) is 0 Å². The highest BCUT2D eigenvalue weighted by molar-refractivity contribution is 7.99. The van der Waals surface area contributed by atoms with Gasteiger partial charge in [0.05, 0.1) is 12.0 Å². The summed E-state index contributed by atoms with van der Waals surface area (Å²) in [6.45, 7) is 1.55. The van der Waals surface area contributed by atoms with Crippen molar-refractivity contribution >= 4 is 23.4 Å². The number of thioether (sulfide) groups is 1. The van der Waals surface area contributed by atoms with Gasteiger partial charge in [-0.25, -0.2) is 0 Å². The highest BCUT2D eigenvalue weighted by Gasteiger charge is 2.25. The number of hydrogen-bond acceptors (Lipinski definition) is 6. The first kappa shape index (κ1) is 22.5. The van der Waals surface area contributed by atoms with E-state index in [0.717, 1.165) is 42.5 Å². The van der Waals surface area contributed by atoms with Gasteiger partial charge in [0.1, 0.15) is 0 Å². The number of furan rings is 1. The van der Waals surface area contributed by atoms with E-state index < -0.39 is 0 Å². The summed E-state index contributed by atoms with van der Waals surface area (Å²) >= 11 is 1.45. The van der Waals surface area contributed by atoms with Crippen LogP contribution in [0.5, 0.6) is 0 Å². The van der Waals surface area contributed by atoms with Gasteiger partial charge in [0.25, 0.3) is 0 Å². The number of rotatable bonds is 10. The molecule has 0 radical (unpaired) electrons. The van der Waals surface area contributed by atoms with E-state index in [2.05, 4.69) is 44.2 Å². The minimum absolute atomic E-state index is 0.0232. The molecule has 8 heteroatoms. The van der Waals surface area contributed by atoms with E-state index in [-0.39, 0.29) is 5.91 Å². The molecule has 3 aromatic rings. The number of nitrogens with zero attached hydrogens (tertiary/aromatic N) is 4. The van der Waals surface area contributed by atoms with Gasteiger partial charge in [0, 0.05) is 31.9 Å². The molecule has 4 rings (SSSR count). The molecule has 1 fully saturated rings. The Morgan fingerprint density at radius 2 is 1.97 bits per heavy atom. The lowest BCUT2D eigenvalue weighted by Gasteiger charge is -2.25. The molecule has 1 aliphatic carbocycles. The second-order valence-corrected chi connectivity index (χ2v) is 9.14. The van der Waals surface area contributed by atoms with Crippen LogP contribution in [0.2, 0.25) is 0 Å². The maximum Gasteiger partial charge on any atom is 0.230 e. The van der Waals surface area contributed by atoms with E-state index in [4.69, 9.17) is 4.42 Å². The Bertz CT molecular complexity index is 968. The van der Waals surface area contributed by atoms with Gasteiger partial charge < -0.3 is 14.6 Å². The number of amides is 1. The zero-order valence-electron chi connectivity index (χ0n) is 18.6. The van der Waals surface area contributed by atoms with Crippen molar-refractivity contribution < 1.29 is 9.21 Å². The number of carbonyl (C=O) groups excluding carboxylic acids is 1. The van der Waals surface area contributed by atoms with Gasteiger partial charge in [0.15, 0.2) is 10.9 Å². The number of para-hydroxylation sites is 1. The molecule has 0 aliphatic heterocycles. The maximum atomic E-state index is 12.4. The molecule has 0 spiro atoms. The molecule has 2 aromatic heterocycles. The zero-order chi connectivity index (χ0) is 22.2. The normalized spacial score (nSPS) is 14.4. The molecular weight excluding hydrogens is 422 g/mol. The molecule has 0 saturated heterocycles. The Balaban J connectivity index is 1.29. The Labute approximate surface area is 193 Å². The lowest BCUT2D eigenvalue weighted by Crippen LogP contribution is -2.29. The van der Waals surface area contributed by atoms with Crippen molar-refractivity contribution in [1.82, 2.24) is 20.1 Å². The fraction of sp³-hybridized carbons (Fsp3) is 0.458. The summed E-state index contributed by atoms with van der Waals surface area (Å²) in [4.78, 5) is 14.6. The van der Waals surface area contributed by atoms with Crippen LogP contribution < -0.4 is 10.2 Å². The summed E-state index contributed by atoms with van der Waals surface area (Å²) in [5, 5.41) is 12.6. The summed E-state index contributed by atoms with van der Waals surface area (Å²) in [6.07, 6.45) is 8.47. The SMILES string of the molecule is CN(CCCNC(=O)CSc1nnc(-c2ccco2)n1C1CCCCC1)c1ccccc1. The van der Waals surface area contributed by atoms with Crippen LogP contribution in [-0.4, -0.2) is 46.6 Å². The van der Waals surface area contributed by atoms with Gasteiger partial charge >= 0.3 is 0 Å². The lowest BCUT2D eigenvalue weighted by molar-refractivity contribution is -0.118. The fourth-order valence-electron chi connectivity index (χ4n) is 4.15. The lowest BCUT2D eigenvalue weighted by atomic mass is 9.95. The Morgan fingerprint density at radius 1 is 1.16 bits per heavy atom. The van der Waals surface area contributed by atoms with Crippen molar-refractivity contribution in [2.75, 3.05) is 30.8 Å². The van der Waals surface area contributed by atoms with E-state index in [1.54, 1.807) is 6.26 Å². The van der Waals surface area contributed by atoms with Crippen LogP contribution in [0.15, 0.2) is 58.3 Å². The third-order valence-electron chi connectivity index (χ3n) is 5.87. The first-order valence-electron chi connectivity index (χ1n) is 11.4. The van der Waals surface area contributed by atoms with Crippen LogP contribution >= 0.6 is 11.8 Å². The van der Waals surface area contributed by atoms with Gasteiger partial charge in [-0.1, -0.05) is 49.2 Å². The van der Waals surface area contributed by atoms with Crippen molar-refractivity contribution in [3.63, 3.8) is 0 Å². The number of carbonyl (C=O) groups is 1. The molecular formula is C24H31N5O2S. The minimum Gasteiger partial charge on any atom is -0.461 e. The molecule has 1 amide bonds. The summed E-state index contributed by atoms with van der Waals surface area (Å²) in [7, 11) is 2.07. The average Bonchev–Trinajstić information content (AvgIpc) is 3.51. The minimum atomic E-state index is 0.0232. The summed E-state index contributed by atoms with van der Waals surface area (Å²) in [6, 6.07) is 14.4. The standard InChI is InChI=1S/C24H31N5O2S/c1-28(19-10-4-2-5-11-19)16-9-15-25-22(30)18-32-24-27-26-23(21-14-8-17-31-21)29(24)20-12-6-3-7-13-20/h2,4-5,8,10-11,14,17,20H,3,6-7,9,12-13,15-16,18H2,1H3,(H,25,30). The van der Waals surface area contributed by atoms with Crippen LogP contribution in [0.25, 0.3) is 11.6 Å². The second kappa shape index (κ2) is 11.2. The molecule has 32 heavy (non-hydrogen) atoms. The first-order chi connectivity index (χ1) is 15.7. The quantitative estimate of drug-likeness (QED) is 0.352. The van der Waals surface area contributed by atoms with Crippen molar-refractivity contribution in [2.45, 2.75) is 49.7 Å². The number of anilines is 1. The van der Waals surface area contributed by atoms with Crippen LogP contribution in [0.4, 0.5) is 5.69 Å². The Morgan fingerprint density at radius 3 is 2.72 bits per heavy atom. The van der Waals surface area contributed by atoms with Crippen LogP contribution in [0.3, 0.4) is 0 Å². The number of benzene rings is 1. The largest absolute Gasteiger partial charge is 0.461 e. The van der Waals surface area contributed by atoms with Crippen LogP contribution in [-0.2, 0) is 4.79 Å². The van der Waals surface area contributed by atoms with Crippen LogP contribution in [0, 0.1) is 0 Å². The monoisotopic (exact) mass is 453 g/mol. The number of hydrogen-bond donors (Lipinski definition) is 1. The molecule has 2 heterocycles. The highest BCUT2D eigenvalue weighted by Crippen LogP contribution is 2.35. The average molecular weight is 454 g/mol. The molecule has 0 atom stereocenters. The van der Waals surface area contributed by atoms with E-state index in [1.165, 1.54) is 36.7 Å². The summed E-state index contributed by atoms with van der Waals surface area (Å²) in [5.74, 6) is 1.84. The third-order valence-corrected chi connectivity index (χ3v) is 6.81. The van der Waals surface area contributed by atoms with E-state index in [9.17, 15) is 4.79 Å². The Hall–Kier alpha value is -2.74. The number of nitrogens with one attached hydrogen (secondary N) is 1. The number of aromatic nitrogens is 3. The summed E-state index contributed by atoms with van der Waals surface area (Å²) < 4.78 is 7.78. The zero-order valence-corrected chi connectivity index (χ0v) is 19.4. The predicted molar refractivity (Wildman–Crippen MR) is 128 cm³/mol. The van der Waals surface area contributed by atoms with Gasteiger partial charge in [-0.2, -0.15) is 0 Å². The fourth-order valence-corrected chi connectivity index (χ4v) is 4.99. The molecule has 1 saturated carbocycles. The van der Waals surface area contributed by atoms with E-state index in [1.807, 2.05) is 30.3 Å². The smallest absolute Gasteiger partial charge is 0.230 e. The molecule has 1 N–H and O–H groups in total. The highest BCUT2D eigenvalue weighted by atomic mass is 32.2. The van der Waals surface area contributed by atoms with Gasteiger partial charge in [-0.15, -0.1) is 10.2 Å². The maximum absolute atomic E-state index is 12.4. The van der Waals surface area contributed by atoms with Gasteiger partial charge in [0.2, 0.25) is 11.7 Å². The second-order valence-electron chi connectivity index (χ2n) is 8.19. The topological polar surface area (TPSA) is 76.2 Å². The van der Waals surface area contributed by atoms with E-state index in [0.29, 0.717) is 18.3 Å². The van der Waals surface area contributed by atoms with Crippen LogP contribution in [0.1, 0.15) is 44.6 Å².